The zero-order valence-corrected chi connectivity index (χ0v) is 13.6. The molecule has 0 aliphatic carbocycles. The molecule has 25 heavy (non-hydrogen) atoms. The lowest BCUT2D eigenvalue weighted by molar-refractivity contribution is 0.102. The molecule has 0 aliphatic heterocycles. The van der Waals surface area contributed by atoms with E-state index in [4.69, 9.17) is 4.74 Å². The fourth-order valence-corrected chi connectivity index (χ4v) is 2.21. The van der Waals surface area contributed by atoms with Crippen LogP contribution in [-0.2, 0) is 6.54 Å². The molecule has 126 valence electrons. The molecule has 0 aliphatic rings. The zero-order chi connectivity index (χ0) is 17.5. The summed E-state index contributed by atoms with van der Waals surface area (Å²) in [6.07, 6.45) is 3.10. The third-order valence-corrected chi connectivity index (χ3v) is 3.48. The van der Waals surface area contributed by atoms with Crippen LogP contribution in [0.1, 0.15) is 15.9 Å². The predicted octanol–water partition coefficient (Wildman–Crippen LogP) is 2.74. The van der Waals surface area contributed by atoms with Crippen molar-refractivity contribution in [3.63, 3.8) is 0 Å². The Labute approximate surface area is 145 Å². The van der Waals surface area contributed by atoms with Crippen LogP contribution in [0.15, 0.2) is 60.9 Å². The quantitative estimate of drug-likeness (QED) is 0.720. The van der Waals surface area contributed by atoms with E-state index < -0.39 is 0 Å². The van der Waals surface area contributed by atoms with Crippen LogP contribution in [0.2, 0.25) is 0 Å². The average Bonchev–Trinajstić information content (AvgIpc) is 2.68. The summed E-state index contributed by atoms with van der Waals surface area (Å²) < 4.78 is 5.31. The lowest BCUT2D eigenvalue weighted by Gasteiger charge is -2.10. The number of anilines is 2. The Hall–Kier alpha value is -3.48. The lowest BCUT2D eigenvalue weighted by atomic mass is 10.2. The van der Waals surface area contributed by atoms with Crippen molar-refractivity contribution in [2.75, 3.05) is 17.7 Å². The second-order valence-electron chi connectivity index (χ2n) is 5.17. The third kappa shape index (κ3) is 4.29. The number of nitrogens with zero attached hydrogens (tertiary/aromatic N) is 3. The van der Waals surface area contributed by atoms with E-state index in [1.54, 1.807) is 37.6 Å². The topological polar surface area (TPSA) is 89.0 Å². The molecule has 0 fully saturated rings. The van der Waals surface area contributed by atoms with E-state index in [-0.39, 0.29) is 5.91 Å². The minimum absolute atomic E-state index is 0.280. The maximum absolute atomic E-state index is 12.0. The highest BCUT2D eigenvalue weighted by molar-refractivity contribution is 6.03. The Bertz CT molecular complexity index is 838. The van der Waals surface area contributed by atoms with Gasteiger partial charge in [-0.25, -0.2) is 0 Å². The molecule has 0 bridgehead atoms. The minimum Gasteiger partial charge on any atom is -0.496 e. The van der Waals surface area contributed by atoms with E-state index in [0.29, 0.717) is 23.7 Å². The van der Waals surface area contributed by atoms with Gasteiger partial charge in [0, 0.05) is 24.5 Å². The number of nitrogens with one attached hydrogen (secondary N) is 2. The van der Waals surface area contributed by atoms with Crippen LogP contribution < -0.4 is 15.4 Å². The monoisotopic (exact) mass is 335 g/mol. The molecule has 1 amide bonds. The fraction of sp³-hybridized carbons (Fsp3) is 0.111. The van der Waals surface area contributed by atoms with Crippen LogP contribution in [0.25, 0.3) is 0 Å². The number of hydrogen-bond acceptors (Lipinski definition) is 6. The molecular weight excluding hydrogens is 318 g/mol. The minimum atomic E-state index is -0.280. The van der Waals surface area contributed by atoms with E-state index in [1.807, 2.05) is 24.3 Å². The van der Waals surface area contributed by atoms with Gasteiger partial charge in [0.1, 0.15) is 11.6 Å². The number of hydrogen-bond donors (Lipinski definition) is 2. The maximum Gasteiger partial charge on any atom is 0.258 e. The Morgan fingerprint density at radius 1 is 1.04 bits per heavy atom. The predicted molar refractivity (Wildman–Crippen MR) is 94.5 cm³/mol. The molecule has 0 saturated carbocycles. The summed E-state index contributed by atoms with van der Waals surface area (Å²) in [6, 6.07) is 14.6. The molecule has 0 atom stereocenters. The molecule has 0 saturated heterocycles. The third-order valence-electron chi connectivity index (χ3n) is 3.48. The molecule has 0 spiro atoms. The van der Waals surface area contributed by atoms with Crippen molar-refractivity contribution in [3.8, 4) is 5.75 Å². The summed E-state index contributed by atoms with van der Waals surface area (Å²) in [5.41, 5.74) is 1.48. The van der Waals surface area contributed by atoms with Gasteiger partial charge in [-0.15, -0.1) is 10.2 Å². The van der Waals surface area contributed by atoms with E-state index in [1.165, 1.54) is 6.20 Å². The van der Waals surface area contributed by atoms with E-state index in [2.05, 4.69) is 25.8 Å². The number of pyridine rings is 1. The van der Waals surface area contributed by atoms with E-state index in [9.17, 15) is 4.79 Å². The SMILES string of the molecule is COc1ccccc1CNc1ccc(NC(=O)c2cccnc2)nn1. The van der Waals surface area contributed by atoms with Crippen molar-refractivity contribution in [1.29, 1.82) is 0 Å². The molecule has 7 nitrogen and oxygen atoms in total. The fourth-order valence-electron chi connectivity index (χ4n) is 2.21. The van der Waals surface area contributed by atoms with Gasteiger partial charge in [0.05, 0.1) is 12.7 Å². The first-order valence-electron chi connectivity index (χ1n) is 7.67. The van der Waals surface area contributed by atoms with Crippen LogP contribution >= 0.6 is 0 Å². The molecule has 3 aromatic rings. The van der Waals surface area contributed by atoms with Crippen LogP contribution in [-0.4, -0.2) is 28.2 Å². The normalized spacial score (nSPS) is 10.1. The Balaban J connectivity index is 1.60. The van der Waals surface area contributed by atoms with Crippen molar-refractivity contribution in [2.24, 2.45) is 0 Å². The van der Waals surface area contributed by atoms with Gasteiger partial charge in [-0.05, 0) is 30.3 Å². The van der Waals surface area contributed by atoms with E-state index in [0.717, 1.165) is 11.3 Å². The maximum atomic E-state index is 12.0. The molecule has 2 heterocycles. The molecule has 2 N–H and O–H groups in total. The summed E-state index contributed by atoms with van der Waals surface area (Å²) in [6.45, 7) is 0.556. The van der Waals surface area contributed by atoms with Crippen molar-refractivity contribution in [2.45, 2.75) is 6.54 Å². The van der Waals surface area contributed by atoms with Crippen molar-refractivity contribution >= 4 is 17.5 Å². The summed E-state index contributed by atoms with van der Waals surface area (Å²) in [4.78, 5) is 15.9. The first-order chi connectivity index (χ1) is 12.3. The molecule has 0 unspecified atom stereocenters. The largest absolute Gasteiger partial charge is 0.496 e. The van der Waals surface area contributed by atoms with Crippen LogP contribution in [0, 0.1) is 0 Å². The van der Waals surface area contributed by atoms with Gasteiger partial charge in [0.2, 0.25) is 0 Å². The Morgan fingerprint density at radius 2 is 1.84 bits per heavy atom. The van der Waals surface area contributed by atoms with Crippen molar-refractivity contribution in [1.82, 2.24) is 15.2 Å². The summed E-state index contributed by atoms with van der Waals surface area (Å²) in [5.74, 6) is 1.50. The lowest BCUT2D eigenvalue weighted by Crippen LogP contribution is -2.14. The second kappa shape index (κ2) is 7.87. The summed E-state index contributed by atoms with van der Waals surface area (Å²) in [7, 11) is 1.64. The van der Waals surface area contributed by atoms with Crippen molar-refractivity contribution < 1.29 is 9.53 Å². The van der Waals surface area contributed by atoms with E-state index >= 15 is 0 Å². The molecule has 3 rings (SSSR count). The standard InChI is InChI=1S/C18H17N5O2/c1-25-15-7-3-2-5-13(15)12-20-16-8-9-17(23-22-16)21-18(24)14-6-4-10-19-11-14/h2-11H,12H2,1H3,(H,20,22)(H,21,23,24). The Kier molecular flexibility index (Phi) is 5.16. The van der Waals surface area contributed by atoms with Gasteiger partial charge in [-0.3, -0.25) is 9.78 Å². The van der Waals surface area contributed by atoms with Gasteiger partial charge < -0.3 is 15.4 Å². The number of carbonyl (C=O) groups excluding carboxylic acids is 1. The number of amides is 1. The molecule has 7 heteroatoms. The van der Waals surface area contributed by atoms with Gasteiger partial charge in [0.15, 0.2) is 5.82 Å². The number of rotatable bonds is 6. The van der Waals surface area contributed by atoms with Crippen LogP contribution in [0.4, 0.5) is 11.6 Å². The van der Waals surface area contributed by atoms with Gasteiger partial charge in [-0.2, -0.15) is 0 Å². The number of carbonyl (C=O) groups is 1. The number of para-hydroxylation sites is 1. The molecule has 0 radical (unpaired) electrons. The summed E-state index contributed by atoms with van der Waals surface area (Å²) >= 11 is 0. The van der Waals surface area contributed by atoms with Gasteiger partial charge in [-0.1, -0.05) is 18.2 Å². The zero-order valence-electron chi connectivity index (χ0n) is 13.6. The smallest absolute Gasteiger partial charge is 0.258 e. The van der Waals surface area contributed by atoms with Gasteiger partial charge >= 0.3 is 0 Å². The average molecular weight is 335 g/mol. The number of methoxy groups -OCH3 is 1. The summed E-state index contributed by atoms with van der Waals surface area (Å²) in [5, 5.41) is 13.9. The second-order valence-corrected chi connectivity index (χ2v) is 5.17. The van der Waals surface area contributed by atoms with Gasteiger partial charge in [0.25, 0.3) is 5.91 Å². The highest BCUT2D eigenvalue weighted by atomic mass is 16.5. The molecular formula is C18H17N5O2. The number of aromatic nitrogens is 3. The number of ether oxygens (including phenoxy) is 1. The first kappa shape index (κ1) is 16.4. The first-order valence-corrected chi connectivity index (χ1v) is 7.67. The highest BCUT2D eigenvalue weighted by Gasteiger charge is 2.07. The molecule has 1 aromatic carbocycles. The number of benzene rings is 1. The Morgan fingerprint density at radius 3 is 2.56 bits per heavy atom. The molecule has 2 aromatic heterocycles. The highest BCUT2D eigenvalue weighted by Crippen LogP contribution is 2.18. The van der Waals surface area contributed by atoms with Crippen LogP contribution in [0.3, 0.4) is 0 Å². The van der Waals surface area contributed by atoms with Crippen molar-refractivity contribution in [3.05, 3.63) is 72.1 Å². The van der Waals surface area contributed by atoms with Crippen LogP contribution in [0.5, 0.6) is 5.75 Å².